The van der Waals surface area contributed by atoms with Crippen LogP contribution in [0.1, 0.15) is 60.4 Å². The fourth-order valence-corrected chi connectivity index (χ4v) is 2.10. The topological polar surface area (TPSA) is 55.1 Å². The van der Waals surface area contributed by atoms with Crippen LogP contribution in [0.3, 0.4) is 0 Å². The Morgan fingerprint density at radius 3 is 2.60 bits per heavy atom. The maximum absolute atomic E-state index is 11.0. The van der Waals surface area contributed by atoms with Gasteiger partial charge in [-0.2, -0.15) is 0 Å². The number of hydrogen-bond donors (Lipinski definition) is 1. The molecule has 4 heteroatoms. The average Bonchev–Trinajstić information content (AvgIpc) is 2.85. The lowest BCUT2D eigenvalue weighted by Crippen LogP contribution is -2.09. The molecule has 1 aromatic heterocycles. The molecule has 80 valence electrons. The minimum atomic E-state index is -0.896. The van der Waals surface area contributed by atoms with Crippen LogP contribution >= 0.6 is 0 Å². The van der Waals surface area contributed by atoms with E-state index in [-0.39, 0.29) is 5.82 Å². The monoisotopic (exact) mass is 206 g/mol. The van der Waals surface area contributed by atoms with Crippen molar-refractivity contribution in [2.45, 2.75) is 44.1 Å². The van der Waals surface area contributed by atoms with E-state index in [1.54, 1.807) is 0 Å². The summed E-state index contributed by atoms with van der Waals surface area (Å²) in [6, 6.07) is 0.400. The Bertz CT molecular complexity index is 403. The number of carbonyl (C=O) groups is 1. The van der Waals surface area contributed by atoms with Gasteiger partial charge < -0.3 is 9.67 Å². The van der Waals surface area contributed by atoms with Crippen molar-refractivity contribution in [3.63, 3.8) is 0 Å². The SMILES string of the molecule is O=C(O)c1nc(C2CCC2)cn1C1CC1. The van der Waals surface area contributed by atoms with Crippen molar-refractivity contribution in [3.05, 3.63) is 17.7 Å². The number of nitrogens with zero attached hydrogens (tertiary/aromatic N) is 2. The van der Waals surface area contributed by atoms with E-state index in [2.05, 4.69) is 4.98 Å². The first-order valence-electron chi connectivity index (χ1n) is 5.58. The van der Waals surface area contributed by atoms with Gasteiger partial charge in [0, 0.05) is 18.2 Å². The van der Waals surface area contributed by atoms with Crippen LogP contribution in [0.15, 0.2) is 6.20 Å². The lowest BCUT2D eigenvalue weighted by molar-refractivity contribution is 0.0677. The van der Waals surface area contributed by atoms with Crippen molar-refractivity contribution >= 4 is 5.97 Å². The highest BCUT2D eigenvalue weighted by Gasteiger charge is 2.31. The molecule has 0 spiro atoms. The van der Waals surface area contributed by atoms with Gasteiger partial charge in [0.05, 0.1) is 5.69 Å². The molecule has 0 saturated heterocycles. The predicted molar refractivity (Wildman–Crippen MR) is 54.0 cm³/mol. The normalized spacial score (nSPS) is 21.3. The third kappa shape index (κ3) is 1.44. The van der Waals surface area contributed by atoms with Crippen molar-refractivity contribution in [2.24, 2.45) is 0 Å². The van der Waals surface area contributed by atoms with E-state index in [9.17, 15) is 4.79 Å². The standard InChI is InChI=1S/C11H14N2O2/c14-11(15)10-12-9(7-2-1-3-7)6-13(10)8-4-5-8/h6-8H,1-5H2,(H,14,15). The van der Waals surface area contributed by atoms with E-state index in [4.69, 9.17) is 5.11 Å². The van der Waals surface area contributed by atoms with E-state index in [1.165, 1.54) is 19.3 Å². The second-order valence-electron chi connectivity index (χ2n) is 4.56. The second kappa shape index (κ2) is 3.08. The maximum atomic E-state index is 11.0. The number of carboxylic acids is 1. The average molecular weight is 206 g/mol. The van der Waals surface area contributed by atoms with Crippen LogP contribution < -0.4 is 0 Å². The molecule has 2 fully saturated rings. The molecule has 3 rings (SSSR count). The highest BCUT2D eigenvalue weighted by molar-refractivity contribution is 5.83. The molecule has 4 nitrogen and oxygen atoms in total. The minimum absolute atomic E-state index is 0.236. The van der Waals surface area contributed by atoms with Crippen molar-refractivity contribution in [2.75, 3.05) is 0 Å². The molecule has 0 bridgehead atoms. The summed E-state index contributed by atoms with van der Waals surface area (Å²) in [6.07, 6.45) is 7.75. The zero-order valence-electron chi connectivity index (χ0n) is 8.52. The molecule has 0 aliphatic heterocycles. The number of carboxylic acid groups (broad SMARTS) is 1. The molecule has 2 saturated carbocycles. The first-order valence-corrected chi connectivity index (χ1v) is 5.58. The Morgan fingerprint density at radius 1 is 1.40 bits per heavy atom. The van der Waals surface area contributed by atoms with Crippen LogP contribution in [0.5, 0.6) is 0 Å². The van der Waals surface area contributed by atoms with E-state index >= 15 is 0 Å². The lowest BCUT2D eigenvalue weighted by Gasteiger charge is -2.22. The Hall–Kier alpha value is -1.32. The summed E-state index contributed by atoms with van der Waals surface area (Å²) in [6.45, 7) is 0. The molecule has 2 aliphatic carbocycles. The predicted octanol–water partition coefficient (Wildman–Crippen LogP) is 2.18. The summed E-state index contributed by atoms with van der Waals surface area (Å²) in [4.78, 5) is 15.3. The Balaban J connectivity index is 1.95. The van der Waals surface area contributed by atoms with Crippen LogP contribution in [-0.4, -0.2) is 20.6 Å². The second-order valence-corrected chi connectivity index (χ2v) is 4.56. The number of aromatic carboxylic acids is 1. The van der Waals surface area contributed by atoms with Gasteiger partial charge in [-0.3, -0.25) is 0 Å². The van der Waals surface area contributed by atoms with Gasteiger partial charge in [-0.1, -0.05) is 6.42 Å². The summed E-state index contributed by atoms with van der Waals surface area (Å²) < 4.78 is 1.86. The minimum Gasteiger partial charge on any atom is -0.475 e. The third-order valence-corrected chi connectivity index (χ3v) is 3.41. The Morgan fingerprint density at radius 2 is 2.13 bits per heavy atom. The van der Waals surface area contributed by atoms with Crippen molar-refractivity contribution in [3.8, 4) is 0 Å². The fraction of sp³-hybridized carbons (Fsp3) is 0.636. The lowest BCUT2D eigenvalue weighted by atomic mass is 9.83. The molecule has 0 atom stereocenters. The van der Waals surface area contributed by atoms with Crippen molar-refractivity contribution in [1.82, 2.24) is 9.55 Å². The largest absolute Gasteiger partial charge is 0.475 e. The van der Waals surface area contributed by atoms with Crippen LogP contribution in [0.25, 0.3) is 0 Å². The third-order valence-electron chi connectivity index (χ3n) is 3.41. The van der Waals surface area contributed by atoms with E-state index in [0.29, 0.717) is 12.0 Å². The summed E-state index contributed by atoms with van der Waals surface area (Å²) >= 11 is 0. The number of hydrogen-bond acceptors (Lipinski definition) is 2. The van der Waals surface area contributed by atoms with Gasteiger partial charge >= 0.3 is 5.97 Å². The molecular formula is C11H14N2O2. The van der Waals surface area contributed by atoms with Crippen LogP contribution in [-0.2, 0) is 0 Å². The summed E-state index contributed by atoms with van der Waals surface area (Å²) in [7, 11) is 0. The van der Waals surface area contributed by atoms with Crippen LogP contribution in [0.2, 0.25) is 0 Å². The van der Waals surface area contributed by atoms with E-state index in [0.717, 1.165) is 18.5 Å². The number of rotatable bonds is 3. The first-order chi connectivity index (χ1) is 7.25. The zero-order chi connectivity index (χ0) is 10.4. The fourth-order valence-electron chi connectivity index (χ4n) is 2.10. The summed E-state index contributed by atoms with van der Waals surface area (Å²) in [5.74, 6) is -0.144. The van der Waals surface area contributed by atoms with Crippen LogP contribution in [0, 0.1) is 0 Å². The smallest absolute Gasteiger partial charge is 0.372 e. The van der Waals surface area contributed by atoms with E-state index in [1.807, 2.05) is 10.8 Å². The zero-order valence-corrected chi connectivity index (χ0v) is 8.52. The molecular weight excluding hydrogens is 192 g/mol. The number of imidazole rings is 1. The molecule has 1 heterocycles. The number of aromatic nitrogens is 2. The van der Waals surface area contributed by atoms with Crippen LogP contribution in [0.4, 0.5) is 0 Å². The maximum Gasteiger partial charge on any atom is 0.372 e. The highest BCUT2D eigenvalue weighted by Crippen LogP contribution is 2.40. The molecule has 1 N–H and O–H groups in total. The van der Waals surface area contributed by atoms with Crippen molar-refractivity contribution < 1.29 is 9.90 Å². The van der Waals surface area contributed by atoms with Gasteiger partial charge in [-0.25, -0.2) is 9.78 Å². The Kier molecular flexibility index (Phi) is 1.84. The van der Waals surface area contributed by atoms with Gasteiger partial charge in [0.1, 0.15) is 0 Å². The molecule has 15 heavy (non-hydrogen) atoms. The molecule has 0 aromatic carbocycles. The van der Waals surface area contributed by atoms with Gasteiger partial charge in [0.2, 0.25) is 5.82 Å². The first kappa shape index (κ1) is 8.95. The van der Waals surface area contributed by atoms with Gasteiger partial charge in [-0.05, 0) is 25.7 Å². The molecule has 0 unspecified atom stereocenters. The van der Waals surface area contributed by atoms with E-state index < -0.39 is 5.97 Å². The molecule has 2 aliphatic rings. The van der Waals surface area contributed by atoms with Gasteiger partial charge in [-0.15, -0.1) is 0 Å². The molecule has 1 aromatic rings. The van der Waals surface area contributed by atoms with Crippen molar-refractivity contribution in [1.29, 1.82) is 0 Å². The summed E-state index contributed by atoms with van der Waals surface area (Å²) in [5.41, 5.74) is 0.991. The molecule has 0 radical (unpaired) electrons. The Labute approximate surface area is 87.9 Å². The summed E-state index contributed by atoms with van der Waals surface area (Å²) in [5, 5.41) is 9.04. The van der Waals surface area contributed by atoms with Gasteiger partial charge in [0.25, 0.3) is 0 Å². The highest BCUT2D eigenvalue weighted by atomic mass is 16.4. The molecule has 0 amide bonds. The quantitative estimate of drug-likeness (QED) is 0.824. The van der Waals surface area contributed by atoms with Gasteiger partial charge in [0.15, 0.2) is 0 Å².